The average Bonchev–Trinajstić information content (AvgIpc) is 3.00. The van der Waals surface area contributed by atoms with E-state index in [9.17, 15) is 0 Å². The Bertz CT molecular complexity index is 345. The molecular weight excluding hydrogens is 196 g/mol. The molecule has 0 unspecified atom stereocenters. The summed E-state index contributed by atoms with van der Waals surface area (Å²) in [6.07, 6.45) is 2.52. The van der Waals surface area contributed by atoms with Gasteiger partial charge in [-0.25, -0.2) is 0 Å². The molecule has 1 aliphatic rings. The number of benzene rings is 1. The van der Waals surface area contributed by atoms with E-state index in [4.69, 9.17) is 16.3 Å². The highest BCUT2D eigenvalue weighted by molar-refractivity contribution is 6.30. The van der Waals surface area contributed by atoms with Gasteiger partial charge in [-0.15, -0.1) is 0 Å². The van der Waals surface area contributed by atoms with E-state index in [1.165, 1.54) is 18.4 Å². The van der Waals surface area contributed by atoms with E-state index >= 15 is 0 Å². The Morgan fingerprint density at radius 2 is 1.93 bits per heavy atom. The number of hydrogen-bond donors (Lipinski definition) is 0. The summed E-state index contributed by atoms with van der Waals surface area (Å²) in [6.45, 7) is 2.84. The first-order valence-corrected chi connectivity index (χ1v) is 5.19. The monoisotopic (exact) mass is 208 g/mol. The Morgan fingerprint density at radius 3 is 2.50 bits per heavy atom. The van der Waals surface area contributed by atoms with Crippen LogP contribution in [0.4, 0.5) is 0 Å². The third kappa shape index (κ3) is 2.52. The van der Waals surface area contributed by atoms with Crippen LogP contribution >= 0.6 is 11.6 Å². The van der Waals surface area contributed by atoms with Gasteiger partial charge in [-0.2, -0.15) is 0 Å². The van der Waals surface area contributed by atoms with Gasteiger partial charge in [0.25, 0.3) is 0 Å². The summed E-state index contributed by atoms with van der Waals surface area (Å²) in [4.78, 5) is 0. The summed E-state index contributed by atoms with van der Waals surface area (Å²) < 4.78 is 5.61. The zero-order chi connectivity index (χ0) is 9.97. The van der Waals surface area contributed by atoms with Gasteiger partial charge in [-0.3, -0.25) is 0 Å². The van der Waals surface area contributed by atoms with E-state index in [-0.39, 0.29) is 0 Å². The van der Waals surface area contributed by atoms with E-state index in [0.717, 1.165) is 10.8 Å². The van der Waals surface area contributed by atoms with Crippen molar-refractivity contribution in [3.05, 3.63) is 40.4 Å². The number of hydrogen-bond acceptors (Lipinski definition) is 1. The lowest BCUT2D eigenvalue weighted by molar-refractivity contribution is 0.351. The van der Waals surface area contributed by atoms with Crippen LogP contribution < -0.4 is 4.74 Å². The van der Waals surface area contributed by atoms with Crippen LogP contribution in [-0.4, -0.2) is 6.61 Å². The van der Waals surface area contributed by atoms with Crippen molar-refractivity contribution < 1.29 is 4.74 Å². The van der Waals surface area contributed by atoms with Crippen molar-refractivity contribution in [2.75, 3.05) is 6.61 Å². The summed E-state index contributed by atoms with van der Waals surface area (Å²) in [5, 5.41) is 0.745. The van der Waals surface area contributed by atoms with E-state index in [0.29, 0.717) is 6.61 Å². The fraction of sp³-hybridized carbons (Fsp3) is 0.333. The second-order valence-corrected chi connectivity index (χ2v) is 4.06. The van der Waals surface area contributed by atoms with Crippen molar-refractivity contribution in [3.8, 4) is 5.75 Å². The summed E-state index contributed by atoms with van der Waals surface area (Å²) >= 11 is 5.77. The van der Waals surface area contributed by atoms with E-state index < -0.39 is 0 Å². The van der Waals surface area contributed by atoms with Crippen molar-refractivity contribution in [1.29, 1.82) is 0 Å². The second-order valence-electron chi connectivity index (χ2n) is 3.63. The molecule has 0 saturated heterocycles. The standard InChI is InChI=1S/C12H13ClO/c1-9(10-2-3-10)8-14-12-6-4-11(13)5-7-12/h4-7H,2-3,8H2,1H3. The van der Waals surface area contributed by atoms with Gasteiger partial charge >= 0.3 is 0 Å². The third-order valence-corrected chi connectivity index (χ3v) is 2.62. The minimum atomic E-state index is 0.705. The molecule has 0 spiro atoms. The molecule has 0 amide bonds. The van der Waals surface area contributed by atoms with Gasteiger partial charge < -0.3 is 4.74 Å². The van der Waals surface area contributed by atoms with Crippen LogP contribution in [0, 0.1) is 0 Å². The highest BCUT2D eigenvalue weighted by atomic mass is 35.5. The van der Waals surface area contributed by atoms with Crippen LogP contribution in [-0.2, 0) is 0 Å². The Morgan fingerprint density at radius 1 is 1.29 bits per heavy atom. The Balaban J connectivity index is 1.92. The van der Waals surface area contributed by atoms with E-state index in [1.54, 1.807) is 5.57 Å². The Hall–Kier alpha value is -0.950. The highest BCUT2D eigenvalue weighted by Crippen LogP contribution is 2.31. The summed E-state index contributed by atoms with van der Waals surface area (Å²) in [7, 11) is 0. The maximum atomic E-state index is 5.77. The van der Waals surface area contributed by atoms with Gasteiger partial charge in [-0.05, 0) is 49.6 Å². The van der Waals surface area contributed by atoms with Crippen LogP contribution in [0.5, 0.6) is 5.75 Å². The molecule has 1 fully saturated rings. The minimum absolute atomic E-state index is 0.705. The lowest BCUT2D eigenvalue weighted by Crippen LogP contribution is -1.98. The van der Waals surface area contributed by atoms with Crippen LogP contribution in [0.3, 0.4) is 0 Å². The number of ether oxygens (including phenoxy) is 1. The largest absolute Gasteiger partial charge is 0.489 e. The fourth-order valence-corrected chi connectivity index (χ4v) is 1.44. The van der Waals surface area contributed by atoms with Gasteiger partial charge in [0.05, 0.1) is 0 Å². The van der Waals surface area contributed by atoms with Gasteiger partial charge in [0.15, 0.2) is 0 Å². The number of allylic oxidation sites excluding steroid dienone is 1. The summed E-state index contributed by atoms with van der Waals surface area (Å²) in [5.41, 5.74) is 2.93. The van der Waals surface area contributed by atoms with Gasteiger partial charge in [0.2, 0.25) is 0 Å². The van der Waals surface area contributed by atoms with Crippen molar-refractivity contribution in [1.82, 2.24) is 0 Å². The van der Waals surface area contributed by atoms with Crippen LogP contribution in [0.2, 0.25) is 5.02 Å². The molecule has 0 aliphatic heterocycles. The van der Waals surface area contributed by atoms with E-state index in [2.05, 4.69) is 6.92 Å². The number of rotatable bonds is 3. The molecule has 0 aromatic heterocycles. The Labute approximate surface area is 89.3 Å². The molecule has 1 saturated carbocycles. The normalized spacial score (nSPS) is 14.0. The van der Waals surface area contributed by atoms with Gasteiger partial charge in [-0.1, -0.05) is 17.2 Å². The van der Waals surface area contributed by atoms with Gasteiger partial charge in [0, 0.05) is 5.02 Å². The SMILES string of the molecule is CC(COc1ccc(Cl)cc1)=C1CC1. The first-order valence-electron chi connectivity index (χ1n) is 4.81. The molecule has 0 bridgehead atoms. The topological polar surface area (TPSA) is 9.23 Å². The lowest BCUT2D eigenvalue weighted by atomic mass is 10.3. The second kappa shape index (κ2) is 4.05. The highest BCUT2D eigenvalue weighted by Gasteiger charge is 2.14. The van der Waals surface area contributed by atoms with Crippen molar-refractivity contribution in [2.24, 2.45) is 0 Å². The first-order chi connectivity index (χ1) is 6.75. The Kier molecular flexibility index (Phi) is 2.78. The summed E-state index contributed by atoms with van der Waals surface area (Å²) in [5.74, 6) is 0.884. The molecule has 0 heterocycles. The smallest absolute Gasteiger partial charge is 0.119 e. The van der Waals surface area contributed by atoms with Crippen LogP contribution in [0.15, 0.2) is 35.4 Å². The predicted octanol–water partition coefficient (Wildman–Crippen LogP) is 3.83. The van der Waals surface area contributed by atoms with Gasteiger partial charge in [0.1, 0.15) is 12.4 Å². The molecule has 0 atom stereocenters. The molecule has 74 valence electrons. The molecule has 1 nitrogen and oxygen atoms in total. The first kappa shape index (κ1) is 9.60. The molecule has 1 aromatic rings. The molecule has 2 rings (SSSR count). The van der Waals surface area contributed by atoms with Crippen molar-refractivity contribution in [2.45, 2.75) is 19.8 Å². The summed E-state index contributed by atoms with van der Waals surface area (Å²) in [6, 6.07) is 7.48. The fourth-order valence-electron chi connectivity index (χ4n) is 1.31. The zero-order valence-electron chi connectivity index (χ0n) is 8.22. The maximum absolute atomic E-state index is 5.77. The number of halogens is 1. The molecule has 0 radical (unpaired) electrons. The maximum Gasteiger partial charge on any atom is 0.119 e. The molecular formula is C12H13ClO. The molecule has 14 heavy (non-hydrogen) atoms. The van der Waals surface area contributed by atoms with Crippen LogP contribution in [0.1, 0.15) is 19.8 Å². The minimum Gasteiger partial charge on any atom is -0.489 e. The van der Waals surface area contributed by atoms with Crippen molar-refractivity contribution >= 4 is 11.6 Å². The third-order valence-electron chi connectivity index (χ3n) is 2.37. The quantitative estimate of drug-likeness (QED) is 0.686. The molecule has 1 aliphatic carbocycles. The molecule has 0 N–H and O–H groups in total. The van der Waals surface area contributed by atoms with Crippen molar-refractivity contribution in [3.63, 3.8) is 0 Å². The zero-order valence-corrected chi connectivity index (χ0v) is 8.97. The van der Waals surface area contributed by atoms with E-state index in [1.807, 2.05) is 24.3 Å². The van der Waals surface area contributed by atoms with Crippen LogP contribution in [0.25, 0.3) is 0 Å². The molecule has 1 aromatic carbocycles. The molecule has 2 heteroatoms. The predicted molar refractivity (Wildman–Crippen MR) is 58.9 cm³/mol. The average molecular weight is 209 g/mol. The lowest BCUT2D eigenvalue weighted by Gasteiger charge is -2.05.